The molecule has 2 rings (SSSR count). The summed E-state index contributed by atoms with van der Waals surface area (Å²) in [5, 5.41) is 3.36. The summed E-state index contributed by atoms with van der Waals surface area (Å²) >= 11 is 3.57. The molecular weight excluding hydrogens is 278 g/mol. The summed E-state index contributed by atoms with van der Waals surface area (Å²) in [4.78, 5) is 8.05. The highest BCUT2D eigenvalue weighted by Crippen LogP contribution is 2.18. The summed E-state index contributed by atoms with van der Waals surface area (Å²) in [6.07, 6.45) is 3.32. The van der Waals surface area contributed by atoms with Crippen LogP contribution in [0.2, 0.25) is 0 Å². The Labute approximate surface area is 109 Å². The van der Waals surface area contributed by atoms with E-state index >= 15 is 0 Å². The molecule has 0 saturated carbocycles. The lowest BCUT2D eigenvalue weighted by Gasteiger charge is -2.07. The molecule has 0 saturated heterocycles. The molecule has 88 valence electrons. The first kappa shape index (κ1) is 12.2. The number of hydrogen-bond acceptors (Lipinski definition) is 3. The van der Waals surface area contributed by atoms with Crippen molar-refractivity contribution in [3.63, 3.8) is 0 Å². The average molecular weight is 292 g/mol. The molecular formula is C13H14BrN3. The Balaban J connectivity index is 1.90. The minimum atomic E-state index is 0.753. The molecule has 1 heterocycles. The number of aryl methyl sites for hydroxylation is 1. The quantitative estimate of drug-likeness (QED) is 0.941. The van der Waals surface area contributed by atoms with E-state index in [0.29, 0.717) is 0 Å². The Bertz CT molecular complexity index is 485. The third kappa shape index (κ3) is 3.61. The van der Waals surface area contributed by atoms with Gasteiger partial charge >= 0.3 is 0 Å². The van der Waals surface area contributed by atoms with Gasteiger partial charge in [-0.25, -0.2) is 9.97 Å². The minimum Gasteiger partial charge on any atom is -0.307 e. The lowest BCUT2D eigenvalue weighted by atomic mass is 10.1. The lowest BCUT2D eigenvalue weighted by Crippen LogP contribution is -2.14. The van der Waals surface area contributed by atoms with Crippen molar-refractivity contribution in [3.8, 4) is 0 Å². The number of halogens is 1. The average Bonchev–Trinajstić information content (AvgIpc) is 2.33. The SMILES string of the molecule is Cc1ccc(CNCc2ccncn2)c(Br)c1. The number of hydrogen-bond donors (Lipinski definition) is 1. The number of nitrogens with one attached hydrogen (secondary N) is 1. The predicted molar refractivity (Wildman–Crippen MR) is 71.5 cm³/mol. The van der Waals surface area contributed by atoms with E-state index < -0.39 is 0 Å². The summed E-state index contributed by atoms with van der Waals surface area (Å²) in [5.74, 6) is 0. The maximum atomic E-state index is 4.16. The van der Waals surface area contributed by atoms with E-state index in [9.17, 15) is 0 Å². The van der Waals surface area contributed by atoms with Crippen molar-refractivity contribution >= 4 is 15.9 Å². The van der Waals surface area contributed by atoms with Gasteiger partial charge in [-0.2, -0.15) is 0 Å². The summed E-state index contributed by atoms with van der Waals surface area (Å²) in [6.45, 7) is 3.66. The largest absolute Gasteiger partial charge is 0.307 e. The van der Waals surface area contributed by atoms with Gasteiger partial charge in [0.1, 0.15) is 6.33 Å². The third-order valence-electron chi connectivity index (χ3n) is 2.47. The highest BCUT2D eigenvalue weighted by Gasteiger charge is 2.00. The maximum absolute atomic E-state index is 4.16. The maximum Gasteiger partial charge on any atom is 0.115 e. The number of rotatable bonds is 4. The second-order valence-electron chi connectivity index (χ2n) is 3.90. The van der Waals surface area contributed by atoms with Gasteiger partial charge in [0, 0.05) is 23.8 Å². The molecule has 0 radical (unpaired) electrons. The summed E-state index contributed by atoms with van der Waals surface area (Å²) in [5.41, 5.74) is 3.52. The van der Waals surface area contributed by atoms with Crippen LogP contribution in [-0.4, -0.2) is 9.97 Å². The van der Waals surface area contributed by atoms with E-state index in [1.165, 1.54) is 11.1 Å². The van der Waals surface area contributed by atoms with Crippen molar-refractivity contribution in [1.82, 2.24) is 15.3 Å². The Kier molecular flexibility index (Phi) is 4.23. The van der Waals surface area contributed by atoms with Crippen molar-refractivity contribution in [2.75, 3.05) is 0 Å². The van der Waals surface area contributed by atoms with Crippen molar-refractivity contribution in [3.05, 3.63) is 58.1 Å². The number of nitrogens with zero attached hydrogens (tertiary/aromatic N) is 2. The summed E-state index contributed by atoms with van der Waals surface area (Å²) in [6, 6.07) is 8.29. The van der Waals surface area contributed by atoms with Crippen LogP contribution in [0.3, 0.4) is 0 Å². The molecule has 1 N–H and O–H groups in total. The molecule has 2 aromatic rings. The fourth-order valence-electron chi connectivity index (χ4n) is 1.54. The first-order chi connectivity index (χ1) is 8.25. The van der Waals surface area contributed by atoms with Crippen LogP contribution in [0.4, 0.5) is 0 Å². The molecule has 3 nitrogen and oxygen atoms in total. The van der Waals surface area contributed by atoms with Gasteiger partial charge in [0.05, 0.1) is 5.69 Å². The van der Waals surface area contributed by atoms with Crippen molar-refractivity contribution in [1.29, 1.82) is 0 Å². The van der Waals surface area contributed by atoms with Gasteiger partial charge in [0.15, 0.2) is 0 Å². The number of benzene rings is 1. The Morgan fingerprint density at radius 3 is 2.82 bits per heavy atom. The number of aromatic nitrogens is 2. The van der Waals surface area contributed by atoms with E-state index in [2.05, 4.69) is 56.3 Å². The Morgan fingerprint density at radius 1 is 1.24 bits per heavy atom. The summed E-state index contributed by atoms with van der Waals surface area (Å²) in [7, 11) is 0. The van der Waals surface area contributed by atoms with Crippen LogP contribution in [0.15, 0.2) is 41.3 Å². The molecule has 4 heteroatoms. The van der Waals surface area contributed by atoms with E-state index in [1.54, 1.807) is 12.5 Å². The second-order valence-corrected chi connectivity index (χ2v) is 4.75. The molecule has 0 amide bonds. The predicted octanol–water partition coefficient (Wildman–Crippen LogP) is 2.84. The van der Waals surface area contributed by atoms with Gasteiger partial charge in [-0.15, -0.1) is 0 Å². The zero-order valence-electron chi connectivity index (χ0n) is 9.65. The van der Waals surface area contributed by atoms with E-state index in [4.69, 9.17) is 0 Å². The van der Waals surface area contributed by atoms with Crippen LogP contribution in [0, 0.1) is 6.92 Å². The van der Waals surface area contributed by atoms with E-state index in [0.717, 1.165) is 23.3 Å². The highest BCUT2D eigenvalue weighted by atomic mass is 79.9. The van der Waals surface area contributed by atoms with Crippen LogP contribution in [0.1, 0.15) is 16.8 Å². The van der Waals surface area contributed by atoms with E-state index in [-0.39, 0.29) is 0 Å². The van der Waals surface area contributed by atoms with Crippen LogP contribution in [0.5, 0.6) is 0 Å². The van der Waals surface area contributed by atoms with Crippen molar-refractivity contribution in [2.45, 2.75) is 20.0 Å². The van der Waals surface area contributed by atoms with Crippen molar-refractivity contribution < 1.29 is 0 Å². The molecule has 1 aromatic carbocycles. The monoisotopic (exact) mass is 291 g/mol. The first-order valence-electron chi connectivity index (χ1n) is 5.46. The zero-order valence-corrected chi connectivity index (χ0v) is 11.2. The molecule has 0 atom stereocenters. The third-order valence-corrected chi connectivity index (χ3v) is 3.21. The van der Waals surface area contributed by atoms with Crippen LogP contribution in [-0.2, 0) is 13.1 Å². The Hall–Kier alpha value is -1.26. The fraction of sp³-hybridized carbons (Fsp3) is 0.231. The zero-order chi connectivity index (χ0) is 12.1. The molecule has 1 aromatic heterocycles. The van der Waals surface area contributed by atoms with Gasteiger partial charge in [0.25, 0.3) is 0 Å². The smallest absolute Gasteiger partial charge is 0.115 e. The molecule has 0 aliphatic rings. The van der Waals surface area contributed by atoms with E-state index in [1.807, 2.05) is 6.07 Å². The fourth-order valence-corrected chi connectivity index (χ4v) is 2.18. The normalized spacial score (nSPS) is 10.5. The summed E-state index contributed by atoms with van der Waals surface area (Å²) < 4.78 is 1.15. The molecule has 17 heavy (non-hydrogen) atoms. The molecule has 0 aliphatic heterocycles. The van der Waals surface area contributed by atoms with Crippen LogP contribution >= 0.6 is 15.9 Å². The molecule has 0 aliphatic carbocycles. The molecule has 0 bridgehead atoms. The van der Waals surface area contributed by atoms with Gasteiger partial charge in [-0.1, -0.05) is 28.1 Å². The topological polar surface area (TPSA) is 37.8 Å². The van der Waals surface area contributed by atoms with Crippen molar-refractivity contribution in [2.24, 2.45) is 0 Å². The Morgan fingerprint density at radius 2 is 2.12 bits per heavy atom. The minimum absolute atomic E-state index is 0.753. The van der Waals surface area contributed by atoms with Crippen LogP contribution in [0.25, 0.3) is 0 Å². The highest BCUT2D eigenvalue weighted by molar-refractivity contribution is 9.10. The van der Waals surface area contributed by atoms with Crippen LogP contribution < -0.4 is 5.32 Å². The lowest BCUT2D eigenvalue weighted by molar-refractivity contribution is 0.676. The molecule has 0 unspecified atom stereocenters. The standard InChI is InChI=1S/C13H14BrN3/c1-10-2-3-11(13(14)6-10)7-16-8-12-4-5-15-9-17-12/h2-6,9,16H,7-8H2,1H3. The second kappa shape index (κ2) is 5.89. The van der Waals surface area contributed by atoms with Gasteiger partial charge in [-0.3, -0.25) is 0 Å². The van der Waals surface area contributed by atoms with Gasteiger partial charge < -0.3 is 5.32 Å². The first-order valence-corrected chi connectivity index (χ1v) is 6.25. The van der Waals surface area contributed by atoms with Gasteiger partial charge in [-0.05, 0) is 30.2 Å². The molecule has 0 spiro atoms. The van der Waals surface area contributed by atoms with Gasteiger partial charge in [0.2, 0.25) is 0 Å². The molecule has 0 fully saturated rings.